The van der Waals surface area contributed by atoms with E-state index in [0.29, 0.717) is 31.9 Å². The van der Waals surface area contributed by atoms with Crippen LogP contribution in [-0.2, 0) is 24.1 Å². The molecule has 2 aliphatic rings. The van der Waals surface area contributed by atoms with Gasteiger partial charge < -0.3 is 4.57 Å². The standard InChI is InChI=1S/C13H17F3N4O/c14-13(15,16)12-18-17-11-8-19(5-6-20(11)12)7-9-3-1-2-4-10(9)21/h9H,1-8H2. The van der Waals surface area contributed by atoms with E-state index in [0.717, 1.165) is 23.8 Å². The highest BCUT2D eigenvalue weighted by atomic mass is 19.4. The molecule has 1 saturated carbocycles. The minimum absolute atomic E-state index is 0.0234. The third kappa shape index (κ3) is 2.95. The quantitative estimate of drug-likeness (QED) is 0.837. The summed E-state index contributed by atoms with van der Waals surface area (Å²) in [7, 11) is 0. The minimum Gasteiger partial charge on any atom is -0.305 e. The highest BCUT2D eigenvalue weighted by Gasteiger charge is 2.39. The zero-order chi connectivity index (χ0) is 15.0. The molecule has 1 fully saturated rings. The van der Waals surface area contributed by atoms with E-state index in [2.05, 4.69) is 10.2 Å². The number of alkyl halides is 3. The molecule has 0 radical (unpaired) electrons. The molecule has 5 nitrogen and oxygen atoms in total. The largest absolute Gasteiger partial charge is 0.451 e. The van der Waals surface area contributed by atoms with Crippen LogP contribution in [0.3, 0.4) is 0 Å². The SMILES string of the molecule is O=C1CCCCC1CN1CCn2c(nnc2C(F)(F)F)C1. The first-order valence-corrected chi connectivity index (χ1v) is 7.19. The lowest BCUT2D eigenvalue weighted by Gasteiger charge is -2.31. The fourth-order valence-corrected chi connectivity index (χ4v) is 3.13. The summed E-state index contributed by atoms with van der Waals surface area (Å²) < 4.78 is 39.4. The molecule has 0 N–H and O–H groups in total. The Bertz CT molecular complexity index is 540. The zero-order valence-corrected chi connectivity index (χ0v) is 11.6. The predicted molar refractivity (Wildman–Crippen MR) is 67.3 cm³/mol. The molecule has 116 valence electrons. The zero-order valence-electron chi connectivity index (χ0n) is 11.6. The number of hydrogen-bond acceptors (Lipinski definition) is 4. The lowest BCUT2D eigenvalue weighted by Crippen LogP contribution is -2.40. The Labute approximate surface area is 120 Å². The molecule has 1 unspecified atom stereocenters. The Morgan fingerprint density at radius 2 is 2.00 bits per heavy atom. The van der Waals surface area contributed by atoms with E-state index in [-0.39, 0.29) is 18.2 Å². The summed E-state index contributed by atoms with van der Waals surface area (Å²) in [6.07, 6.45) is -0.938. The number of nitrogens with zero attached hydrogens (tertiary/aromatic N) is 4. The van der Waals surface area contributed by atoms with E-state index in [4.69, 9.17) is 0 Å². The van der Waals surface area contributed by atoms with Crippen LogP contribution < -0.4 is 0 Å². The van der Waals surface area contributed by atoms with Crippen LogP contribution in [0.5, 0.6) is 0 Å². The Morgan fingerprint density at radius 3 is 2.71 bits per heavy atom. The van der Waals surface area contributed by atoms with Crippen molar-refractivity contribution in [2.45, 2.75) is 44.9 Å². The molecule has 0 spiro atoms. The van der Waals surface area contributed by atoms with Gasteiger partial charge >= 0.3 is 6.18 Å². The van der Waals surface area contributed by atoms with Crippen molar-refractivity contribution >= 4 is 5.78 Å². The molecular formula is C13H17F3N4O. The van der Waals surface area contributed by atoms with Gasteiger partial charge in [0.25, 0.3) is 0 Å². The van der Waals surface area contributed by atoms with Gasteiger partial charge in [0.15, 0.2) is 0 Å². The Balaban J connectivity index is 1.68. The van der Waals surface area contributed by atoms with Crippen LogP contribution in [0, 0.1) is 5.92 Å². The fourth-order valence-electron chi connectivity index (χ4n) is 3.13. The maximum Gasteiger partial charge on any atom is 0.451 e. The number of aromatic nitrogens is 3. The molecule has 1 aromatic rings. The van der Waals surface area contributed by atoms with Crippen LogP contribution in [0.15, 0.2) is 0 Å². The second kappa shape index (κ2) is 5.40. The predicted octanol–water partition coefficient (Wildman–Crippen LogP) is 1.87. The maximum absolute atomic E-state index is 12.7. The van der Waals surface area contributed by atoms with E-state index >= 15 is 0 Å². The van der Waals surface area contributed by atoms with Gasteiger partial charge in [-0.2, -0.15) is 13.2 Å². The first-order valence-electron chi connectivity index (χ1n) is 7.19. The van der Waals surface area contributed by atoms with E-state index in [1.54, 1.807) is 0 Å². The fraction of sp³-hybridized carbons (Fsp3) is 0.769. The number of carbonyl (C=O) groups is 1. The maximum atomic E-state index is 12.7. The summed E-state index contributed by atoms with van der Waals surface area (Å²) >= 11 is 0. The molecule has 8 heteroatoms. The van der Waals surface area contributed by atoms with Crippen molar-refractivity contribution in [1.29, 1.82) is 0 Å². The molecule has 21 heavy (non-hydrogen) atoms. The van der Waals surface area contributed by atoms with Gasteiger partial charge in [0.05, 0.1) is 6.54 Å². The molecule has 0 aromatic carbocycles. The smallest absolute Gasteiger partial charge is 0.305 e. The Hall–Kier alpha value is -1.44. The van der Waals surface area contributed by atoms with Crippen molar-refractivity contribution in [3.63, 3.8) is 0 Å². The summed E-state index contributed by atoms with van der Waals surface area (Å²) in [4.78, 5) is 13.9. The van der Waals surface area contributed by atoms with Gasteiger partial charge in [-0.25, -0.2) is 0 Å². The first kappa shape index (κ1) is 14.5. The second-order valence-electron chi connectivity index (χ2n) is 5.73. The summed E-state index contributed by atoms with van der Waals surface area (Å²) in [5.74, 6) is -0.290. The second-order valence-corrected chi connectivity index (χ2v) is 5.73. The number of fused-ring (bicyclic) bond motifs is 1. The van der Waals surface area contributed by atoms with Gasteiger partial charge in [-0.3, -0.25) is 9.69 Å². The average molecular weight is 302 g/mol. The lowest BCUT2D eigenvalue weighted by molar-refractivity contribution is -0.148. The van der Waals surface area contributed by atoms with Crippen molar-refractivity contribution in [2.24, 2.45) is 5.92 Å². The van der Waals surface area contributed by atoms with Gasteiger partial charge in [-0.1, -0.05) is 6.42 Å². The molecule has 1 aromatic heterocycles. The van der Waals surface area contributed by atoms with Crippen molar-refractivity contribution < 1.29 is 18.0 Å². The number of Topliss-reactive ketones (excluding diaryl/α,β-unsaturated/α-hetero) is 1. The molecule has 2 heterocycles. The first-order chi connectivity index (χ1) is 9.95. The van der Waals surface area contributed by atoms with Gasteiger partial charge in [0.2, 0.25) is 5.82 Å². The summed E-state index contributed by atoms with van der Waals surface area (Å²) in [6, 6.07) is 0. The molecule has 0 amide bonds. The highest BCUT2D eigenvalue weighted by molar-refractivity contribution is 5.81. The minimum atomic E-state index is -4.47. The number of ketones is 1. The van der Waals surface area contributed by atoms with Crippen LogP contribution in [0.4, 0.5) is 13.2 Å². The molecule has 0 saturated heterocycles. The number of halogens is 3. The van der Waals surface area contributed by atoms with E-state index in [1.165, 1.54) is 0 Å². The Morgan fingerprint density at radius 1 is 1.19 bits per heavy atom. The van der Waals surface area contributed by atoms with E-state index < -0.39 is 12.0 Å². The molecular weight excluding hydrogens is 285 g/mol. The van der Waals surface area contributed by atoms with Crippen LogP contribution in [0.2, 0.25) is 0 Å². The number of carbonyl (C=O) groups excluding carboxylic acids is 1. The number of rotatable bonds is 2. The normalized spacial score (nSPS) is 24.1. The number of hydrogen-bond donors (Lipinski definition) is 0. The van der Waals surface area contributed by atoms with Crippen LogP contribution in [0.1, 0.15) is 37.3 Å². The molecule has 3 rings (SSSR count). The molecule has 1 aliphatic carbocycles. The van der Waals surface area contributed by atoms with E-state index in [9.17, 15) is 18.0 Å². The van der Waals surface area contributed by atoms with Gasteiger partial charge in [0, 0.05) is 32.0 Å². The molecule has 0 bridgehead atoms. The van der Waals surface area contributed by atoms with Crippen molar-refractivity contribution in [2.75, 3.05) is 13.1 Å². The van der Waals surface area contributed by atoms with Gasteiger partial charge in [-0.15, -0.1) is 10.2 Å². The monoisotopic (exact) mass is 302 g/mol. The van der Waals surface area contributed by atoms with Gasteiger partial charge in [0.1, 0.15) is 11.6 Å². The Kier molecular flexibility index (Phi) is 3.73. The third-order valence-electron chi connectivity index (χ3n) is 4.25. The third-order valence-corrected chi connectivity index (χ3v) is 4.25. The highest BCUT2D eigenvalue weighted by Crippen LogP contribution is 2.30. The summed E-state index contributed by atoms with van der Waals surface area (Å²) in [5, 5.41) is 6.91. The summed E-state index contributed by atoms with van der Waals surface area (Å²) in [5.41, 5.74) is 0. The average Bonchev–Trinajstić information content (AvgIpc) is 2.84. The van der Waals surface area contributed by atoms with Crippen LogP contribution in [0.25, 0.3) is 0 Å². The topological polar surface area (TPSA) is 51.0 Å². The molecule has 1 atom stereocenters. The molecule has 1 aliphatic heterocycles. The van der Waals surface area contributed by atoms with E-state index in [1.807, 2.05) is 4.90 Å². The van der Waals surface area contributed by atoms with Crippen molar-refractivity contribution in [3.8, 4) is 0 Å². The summed E-state index contributed by atoms with van der Waals surface area (Å²) in [6.45, 7) is 1.66. The van der Waals surface area contributed by atoms with Crippen LogP contribution in [-0.4, -0.2) is 38.5 Å². The van der Waals surface area contributed by atoms with Crippen molar-refractivity contribution in [3.05, 3.63) is 11.6 Å². The van der Waals surface area contributed by atoms with Crippen LogP contribution >= 0.6 is 0 Å². The lowest BCUT2D eigenvalue weighted by atomic mass is 9.87. The van der Waals surface area contributed by atoms with Crippen molar-refractivity contribution in [1.82, 2.24) is 19.7 Å². The van der Waals surface area contributed by atoms with Gasteiger partial charge in [-0.05, 0) is 12.8 Å².